The summed E-state index contributed by atoms with van der Waals surface area (Å²) in [6.45, 7) is 0. The molecule has 0 saturated heterocycles. The molecule has 0 unspecified atom stereocenters. The molecule has 0 aliphatic carbocycles. The average molecular weight is 367 g/mol. The first-order valence-electron chi connectivity index (χ1n) is 6.75. The van der Waals surface area contributed by atoms with Crippen LogP contribution in [0.5, 0.6) is 0 Å². The highest BCUT2D eigenvalue weighted by Crippen LogP contribution is 2.33. The van der Waals surface area contributed by atoms with Crippen molar-refractivity contribution in [2.24, 2.45) is 0 Å². The highest BCUT2D eigenvalue weighted by atomic mass is 35.5. The number of hydrogen-bond donors (Lipinski definition) is 2. The Bertz CT molecular complexity index is 811. The number of hydrogen-bond acceptors (Lipinski definition) is 3. The van der Waals surface area contributed by atoms with Crippen LogP contribution in [0, 0.1) is 0 Å². The van der Waals surface area contributed by atoms with Gasteiger partial charge in [-0.25, -0.2) is 0 Å². The number of amides is 2. The van der Waals surface area contributed by atoms with Gasteiger partial charge in [0.2, 0.25) is 0 Å². The number of thioether (sulfide) groups is 1. The Labute approximate surface area is 147 Å². The number of nitrogens with one attached hydrogen (secondary N) is 2. The van der Waals surface area contributed by atoms with Crippen LogP contribution in [0.25, 0.3) is 0 Å². The summed E-state index contributed by atoms with van der Waals surface area (Å²) in [5, 5.41) is 6.20. The van der Waals surface area contributed by atoms with Gasteiger partial charge >= 0.3 is 0 Å². The van der Waals surface area contributed by atoms with Gasteiger partial charge in [-0.15, -0.1) is 11.8 Å². The maximum atomic E-state index is 12.5. The number of benzene rings is 2. The monoisotopic (exact) mass is 366 g/mol. The molecule has 3 rings (SSSR count). The van der Waals surface area contributed by atoms with E-state index in [4.69, 9.17) is 23.2 Å². The lowest BCUT2D eigenvalue weighted by Crippen LogP contribution is -2.33. The third kappa shape index (κ3) is 3.04. The third-order valence-corrected chi connectivity index (χ3v) is 5.07. The van der Waals surface area contributed by atoms with E-state index in [-0.39, 0.29) is 16.5 Å². The van der Waals surface area contributed by atoms with Gasteiger partial charge in [0.15, 0.2) is 0 Å². The minimum absolute atomic E-state index is 0.247. The van der Waals surface area contributed by atoms with Crippen molar-refractivity contribution in [2.75, 3.05) is 11.6 Å². The summed E-state index contributed by atoms with van der Waals surface area (Å²) in [5.74, 6) is -0.687. The second-order valence-electron chi connectivity index (χ2n) is 4.95. The fraction of sp³-hybridized carbons (Fsp3) is 0.125. The van der Waals surface area contributed by atoms with Crippen molar-refractivity contribution in [1.82, 2.24) is 5.32 Å². The summed E-state index contributed by atoms with van der Waals surface area (Å²) in [6.07, 6.45) is 1.86. The molecule has 0 aromatic heterocycles. The van der Waals surface area contributed by atoms with Gasteiger partial charge in [0, 0.05) is 16.1 Å². The van der Waals surface area contributed by atoms with Crippen molar-refractivity contribution in [3.05, 3.63) is 57.6 Å². The molecule has 1 heterocycles. The lowest BCUT2D eigenvalue weighted by Gasteiger charge is -2.13. The Kier molecular flexibility index (Phi) is 4.53. The van der Waals surface area contributed by atoms with Crippen LogP contribution in [-0.4, -0.2) is 18.1 Å². The zero-order valence-electron chi connectivity index (χ0n) is 12.0. The van der Waals surface area contributed by atoms with Crippen molar-refractivity contribution in [3.63, 3.8) is 0 Å². The van der Waals surface area contributed by atoms with Gasteiger partial charge in [-0.05, 0) is 24.5 Å². The minimum Gasteiger partial charge on any atom is -0.336 e. The van der Waals surface area contributed by atoms with E-state index < -0.39 is 11.9 Å². The van der Waals surface area contributed by atoms with E-state index >= 15 is 0 Å². The van der Waals surface area contributed by atoms with E-state index in [9.17, 15) is 9.59 Å². The number of anilines is 1. The van der Waals surface area contributed by atoms with Crippen LogP contribution < -0.4 is 10.6 Å². The Hall–Kier alpha value is -1.69. The largest absolute Gasteiger partial charge is 0.336 e. The number of carbonyl (C=O) groups is 2. The SMILES string of the molecule is CSc1cc(C(=O)N[C@H]2C(=O)Nc3ccccc32)c(Cl)cc1Cl. The van der Waals surface area contributed by atoms with Gasteiger partial charge in [-0.1, -0.05) is 41.4 Å². The predicted octanol–water partition coefficient (Wildman–Crippen LogP) is 4.14. The van der Waals surface area contributed by atoms with Crippen molar-refractivity contribution in [1.29, 1.82) is 0 Å². The van der Waals surface area contributed by atoms with Crippen LogP contribution in [0.15, 0.2) is 41.3 Å². The maximum Gasteiger partial charge on any atom is 0.253 e. The van der Waals surface area contributed by atoms with Crippen LogP contribution in [0.2, 0.25) is 10.0 Å². The highest BCUT2D eigenvalue weighted by Gasteiger charge is 2.32. The maximum absolute atomic E-state index is 12.5. The van der Waals surface area contributed by atoms with Gasteiger partial charge in [0.25, 0.3) is 11.8 Å². The van der Waals surface area contributed by atoms with E-state index in [1.54, 1.807) is 18.2 Å². The zero-order chi connectivity index (χ0) is 16.6. The fourth-order valence-corrected chi connectivity index (χ4v) is 3.61. The van der Waals surface area contributed by atoms with Gasteiger partial charge in [-0.3, -0.25) is 9.59 Å². The first kappa shape index (κ1) is 16.2. The molecular formula is C16H12Cl2N2O2S. The van der Waals surface area contributed by atoms with Crippen LogP contribution in [0.1, 0.15) is 22.0 Å². The van der Waals surface area contributed by atoms with Gasteiger partial charge in [-0.2, -0.15) is 0 Å². The Morgan fingerprint density at radius 3 is 2.70 bits per heavy atom. The second kappa shape index (κ2) is 6.43. The normalized spacial score (nSPS) is 16.0. The molecule has 7 heteroatoms. The summed E-state index contributed by atoms with van der Waals surface area (Å²) < 4.78 is 0. The molecule has 23 heavy (non-hydrogen) atoms. The zero-order valence-corrected chi connectivity index (χ0v) is 14.4. The first-order valence-corrected chi connectivity index (χ1v) is 8.73. The van der Waals surface area contributed by atoms with E-state index in [1.807, 2.05) is 18.4 Å². The molecule has 2 N–H and O–H groups in total. The molecule has 2 aromatic carbocycles. The molecule has 1 atom stereocenters. The predicted molar refractivity (Wildman–Crippen MR) is 93.5 cm³/mol. The van der Waals surface area contributed by atoms with Crippen LogP contribution >= 0.6 is 35.0 Å². The van der Waals surface area contributed by atoms with Crippen molar-refractivity contribution < 1.29 is 9.59 Å². The van der Waals surface area contributed by atoms with Gasteiger partial charge in [0.05, 0.1) is 15.6 Å². The fourth-order valence-electron chi connectivity index (χ4n) is 2.42. The van der Waals surface area contributed by atoms with Crippen molar-refractivity contribution in [2.45, 2.75) is 10.9 Å². The topological polar surface area (TPSA) is 58.2 Å². The molecule has 0 saturated carbocycles. The third-order valence-electron chi connectivity index (χ3n) is 3.55. The average Bonchev–Trinajstić information content (AvgIpc) is 2.83. The lowest BCUT2D eigenvalue weighted by atomic mass is 10.1. The molecule has 0 radical (unpaired) electrons. The number of para-hydroxylation sites is 1. The molecule has 0 bridgehead atoms. The van der Waals surface area contributed by atoms with Crippen molar-refractivity contribution >= 4 is 52.5 Å². The molecule has 4 nitrogen and oxygen atoms in total. The van der Waals surface area contributed by atoms with Crippen LogP contribution in [0.3, 0.4) is 0 Å². The van der Waals surface area contributed by atoms with E-state index in [0.29, 0.717) is 10.7 Å². The molecule has 1 aliphatic rings. The summed E-state index contributed by atoms with van der Waals surface area (Å²) in [5.41, 5.74) is 1.73. The summed E-state index contributed by atoms with van der Waals surface area (Å²) in [4.78, 5) is 25.4. The smallest absolute Gasteiger partial charge is 0.253 e. The molecule has 0 spiro atoms. The highest BCUT2D eigenvalue weighted by molar-refractivity contribution is 7.98. The summed E-state index contributed by atoms with van der Waals surface area (Å²) >= 11 is 13.6. The minimum atomic E-state index is -0.733. The standard InChI is InChI=1S/C16H12Cl2N2O2S/c1-23-13-6-9(10(17)7-11(13)18)15(21)20-14-8-4-2-3-5-12(8)19-16(14)22/h2-7,14H,1H3,(H,19,22)(H,20,21)/t14-/m1/s1. The summed E-state index contributed by atoms with van der Waals surface area (Å²) in [6, 6.07) is 9.66. The van der Waals surface area contributed by atoms with Gasteiger partial charge in [0.1, 0.15) is 6.04 Å². The Balaban J connectivity index is 1.90. The van der Waals surface area contributed by atoms with Crippen LogP contribution in [0.4, 0.5) is 5.69 Å². The first-order chi connectivity index (χ1) is 11.0. The van der Waals surface area contributed by atoms with Crippen LogP contribution in [-0.2, 0) is 4.79 Å². The van der Waals surface area contributed by atoms with Crippen molar-refractivity contribution in [3.8, 4) is 0 Å². The summed E-state index contributed by atoms with van der Waals surface area (Å²) in [7, 11) is 0. The van der Waals surface area contributed by atoms with E-state index in [1.165, 1.54) is 17.8 Å². The van der Waals surface area contributed by atoms with E-state index in [0.717, 1.165) is 10.5 Å². The molecule has 2 amide bonds. The Morgan fingerprint density at radius 1 is 1.22 bits per heavy atom. The lowest BCUT2D eigenvalue weighted by molar-refractivity contribution is -0.117. The Morgan fingerprint density at radius 2 is 1.96 bits per heavy atom. The van der Waals surface area contributed by atoms with E-state index in [2.05, 4.69) is 10.6 Å². The molecule has 0 fully saturated rings. The quantitative estimate of drug-likeness (QED) is 0.802. The number of fused-ring (bicyclic) bond motifs is 1. The second-order valence-corrected chi connectivity index (χ2v) is 6.61. The molecule has 1 aliphatic heterocycles. The molecular weight excluding hydrogens is 355 g/mol. The van der Waals surface area contributed by atoms with Gasteiger partial charge < -0.3 is 10.6 Å². The number of halogens is 2. The number of carbonyl (C=O) groups excluding carboxylic acids is 2. The molecule has 2 aromatic rings. The number of rotatable bonds is 3. The molecule has 118 valence electrons.